The summed E-state index contributed by atoms with van der Waals surface area (Å²) in [6.45, 7) is 0.160. The predicted octanol–water partition coefficient (Wildman–Crippen LogP) is 7.86. The molecule has 39 heavy (non-hydrogen) atoms. The van der Waals surface area contributed by atoms with Crippen molar-refractivity contribution in [3.63, 3.8) is 0 Å². The van der Waals surface area contributed by atoms with Crippen molar-refractivity contribution in [2.24, 2.45) is 0 Å². The molecule has 3 heteroatoms. The van der Waals surface area contributed by atoms with Crippen LogP contribution in [0.25, 0.3) is 55.2 Å². The molecule has 7 aromatic rings. The molecule has 1 aromatic heterocycles. The molecule has 0 bridgehead atoms. The molecule has 0 radical (unpaired) electrons. The van der Waals surface area contributed by atoms with Gasteiger partial charge in [0.1, 0.15) is 0 Å². The Morgan fingerprint density at radius 1 is 0.436 bits per heavy atom. The summed E-state index contributed by atoms with van der Waals surface area (Å²) in [4.78, 5) is 2.48. The number of nitrogens with zero attached hydrogens (tertiary/aromatic N) is 2. The van der Waals surface area contributed by atoms with Crippen molar-refractivity contribution in [2.75, 3.05) is 4.90 Å². The number of rotatable bonds is 2. The number of hydrogen-bond donors (Lipinski definition) is 0. The quantitative estimate of drug-likeness (QED) is 0.223. The van der Waals surface area contributed by atoms with Crippen molar-refractivity contribution in [3.8, 4) is 33.4 Å². The van der Waals surface area contributed by atoms with E-state index >= 15 is 0 Å². The summed E-state index contributed by atoms with van der Waals surface area (Å²) in [6.07, 6.45) is 0. The maximum Gasteiger partial charge on any atom is 0.333 e. The second-order valence-electron chi connectivity index (χ2n) is 10.9. The Kier molecular flexibility index (Phi) is 3.54. The van der Waals surface area contributed by atoms with Crippen LogP contribution in [-0.2, 0) is 0 Å². The van der Waals surface area contributed by atoms with Crippen LogP contribution in [-0.4, -0.2) is 11.3 Å². The first-order valence-corrected chi connectivity index (χ1v) is 13.7. The first-order chi connectivity index (χ1) is 19.4. The third-order valence-electron chi connectivity index (χ3n) is 9.07. The Morgan fingerprint density at radius 2 is 1.05 bits per heavy atom. The van der Waals surface area contributed by atoms with Crippen molar-refractivity contribution < 1.29 is 0 Å². The van der Waals surface area contributed by atoms with Crippen molar-refractivity contribution in [1.82, 2.24) is 4.48 Å². The van der Waals surface area contributed by atoms with Gasteiger partial charge in [-0.15, -0.1) is 0 Å². The molecule has 2 nitrogen and oxygen atoms in total. The van der Waals surface area contributed by atoms with Gasteiger partial charge in [-0.05, 0) is 69.6 Å². The van der Waals surface area contributed by atoms with Crippen molar-refractivity contribution in [1.29, 1.82) is 0 Å². The zero-order valence-electron chi connectivity index (χ0n) is 21.1. The minimum Gasteiger partial charge on any atom is -0.375 e. The second-order valence-corrected chi connectivity index (χ2v) is 10.9. The normalized spacial score (nSPS) is 13.5. The lowest BCUT2D eigenvalue weighted by Gasteiger charge is -2.43. The Bertz CT molecular complexity index is 2180. The van der Waals surface area contributed by atoms with Gasteiger partial charge in [0.15, 0.2) is 0 Å². The summed E-state index contributed by atoms with van der Waals surface area (Å²) in [5.74, 6) is 0. The molecular formula is C36H21BN2. The molecule has 6 aromatic carbocycles. The SMILES string of the molecule is c1ccc(-c2cc3c4c(c2)c2cccc5c2n4B2c4c-5cccc4N(c4ccccc4)c4cccc-3c42)cc1. The van der Waals surface area contributed by atoms with E-state index in [4.69, 9.17) is 0 Å². The molecule has 0 N–H and O–H groups in total. The Balaban J connectivity index is 1.44. The van der Waals surface area contributed by atoms with Crippen LogP contribution in [0, 0.1) is 0 Å². The van der Waals surface area contributed by atoms with E-state index in [0.29, 0.717) is 0 Å². The van der Waals surface area contributed by atoms with Crippen molar-refractivity contribution in [3.05, 3.63) is 127 Å². The fourth-order valence-electron chi connectivity index (χ4n) is 7.64. The maximum atomic E-state index is 2.67. The fourth-order valence-corrected chi connectivity index (χ4v) is 7.64. The van der Waals surface area contributed by atoms with Gasteiger partial charge in [0.05, 0.1) is 0 Å². The molecular weight excluding hydrogens is 471 g/mol. The van der Waals surface area contributed by atoms with Gasteiger partial charge < -0.3 is 9.38 Å². The lowest BCUT2D eigenvalue weighted by molar-refractivity contribution is 1.25. The highest BCUT2D eigenvalue weighted by atomic mass is 15.2. The molecule has 0 unspecified atom stereocenters. The summed E-state index contributed by atoms with van der Waals surface area (Å²) in [5, 5.41) is 2.69. The number of benzene rings is 6. The maximum absolute atomic E-state index is 2.67. The van der Waals surface area contributed by atoms with Gasteiger partial charge in [0.2, 0.25) is 0 Å². The zero-order chi connectivity index (χ0) is 25.2. The smallest absolute Gasteiger partial charge is 0.333 e. The van der Waals surface area contributed by atoms with Gasteiger partial charge in [-0.1, -0.05) is 91.0 Å². The zero-order valence-corrected chi connectivity index (χ0v) is 21.1. The topological polar surface area (TPSA) is 8.17 Å². The van der Waals surface area contributed by atoms with Gasteiger partial charge >= 0.3 is 6.85 Å². The van der Waals surface area contributed by atoms with Crippen LogP contribution in [0.4, 0.5) is 17.1 Å². The van der Waals surface area contributed by atoms with Crippen LogP contribution >= 0.6 is 0 Å². The molecule has 0 atom stereocenters. The average Bonchev–Trinajstić information content (AvgIpc) is 3.34. The lowest BCUT2D eigenvalue weighted by Crippen LogP contribution is -2.58. The molecule has 0 aliphatic carbocycles. The molecule has 0 amide bonds. The van der Waals surface area contributed by atoms with E-state index in [-0.39, 0.29) is 6.85 Å². The van der Waals surface area contributed by atoms with E-state index in [0.717, 1.165) is 0 Å². The van der Waals surface area contributed by atoms with Crippen LogP contribution in [0.5, 0.6) is 0 Å². The van der Waals surface area contributed by atoms with E-state index in [9.17, 15) is 0 Å². The van der Waals surface area contributed by atoms with Crippen LogP contribution in [0.2, 0.25) is 0 Å². The fraction of sp³-hybridized carbons (Fsp3) is 0. The van der Waals surface area contributed by atoms with Crippen LogP contribution in [0.3, 0.4) is 0 Å². The number of hydrogen-bond acceptors (Lipinski definition) is 1. The highest BCUT2D eigenvalue weighted by molar-refractivity contribution is 6.91. The Morgan fingerprint density at radius 3 is 1.79 bits per heavy atom. The molecule has 0 saturated carbocycles. The lowest BCUT2D eigenvalue weighted by atomic mass is 9.43. The summed E-state index contributed by atoms with van der Waals surface area (Å²) in [6, 6.07) is 47.1. The monoisotopic (exact) mass is 492 g/mol. The van der Waals surface area contributed by atoms with E-state index in [1.807, 2.05) is 0 Å². The third kappa shape index (κ3) is 2.31. The molecule has 178 valence electrons. The van der Waals surface area contributed by atoms with Crippen LogP contribution in [0.15, 0.2) is 127 Å². The first kappa shape index (κ1) is 20.0. The number of para-hydroxylation sites is 2. The molecule has 3 aliphatic rings. The van der Waals surface area contributed by atoms with E-state index in [1.165, 1.54) is 83.2 Å². The highest BCUT2D eigenvalue weighted by Crippen LogP contribution is 2.50. The molecule has 0 saturated heterocycles. The Labute approximate surface area is 226 Å². The van der Waals surface area contributed by atoms with E-state index in [2.05, 4.69) is 137 Å². The van der Waals surface area contributed by atoms with Crippen LogP contribution in [0.1, 0.15) is 0 Å². The highest BCUT2D eigenvalue weighted by Gasteiger charge is 2.46. The standard InChI is InChI=1S/C36H21BN2/c1-3-10-22(11-4-1)23-20-29-26-15-9-19-32-34(26)37-33-25(14-8-18-31(33)38(32)24-12-5-2-6-13-24)27-16-7-17-28-30(21-23)36(29)39(37)35(27)28/h1-21H. The van der Waals surface area contributed by atoms with Gasteiger partial charge in [-0.25, -0.2) is 0 Å². The van der Waals surface area contributed by atoms with Gasteiger partial charge in [0.25, 0.3) is 0 Å². The molecule has 4 heterocycles. The number of aromatic nitrogens is 1. The second kappa shape index (κ2) is 6.89. The Hall–Kier alpha value is -5.02. The van der Waals surface area contributed by atoms with E-state index in [1.54, 1.807) is 0 Å². The summed E-state index contributed by atoms with van der Waals surface area (Å²) in [5.41, 5.74) is 17.2. The molecule has 3 aliphatic heterocycles. The molecule has 10 rings (SSSR count). The van der Waals surface area contributed by atoms with Crippen molar-refractivity contribution in [2.45, 2.75) is 0 Å². The first-order valence-electron chi connectivity index (χ1n) is 13.7. The van der Waals surface area contributed by atoms with E-state index < -0.39 is 0 Å². The summed E-state index contributed by atoms with van der Waals surface area (Å²) < 4.78 is 2.67. The van der Waals surface area contributed by atoms with Crippen LogP contribution < -0.4 is 15.8 Å². The van der Waals surface area contributed by atoms with Gasteiger partial charge in [-0.3, -0.25) is 0 Å². The third-order valence-corrected chi connectivity index (χ3v) is 9.07. The number of anilines is 3. The van der Waals surface area contributed by atoms with Gasteiger partial charge in [-0.2, -0.15) is 0 Å². The minimum atomic E-state index is 0.160. The molecule has 0 fully saturated rings. The summed E-state index contributed by atoms with van der Waals surface area (Å²) >= 11 is 0. The van der Waals surface area contributed by atoms with Crippen molar-refractivity contribution >= 4 is 56.6 Å². The average molecular weight is 492 g/mol. The number of fused-ring (bicyclic) bond motifs is 3. The predicted molar refractivity (Wildman–Crippen MR) is 164 cm³/mol. The largest absolute Gasteiger partial charge is 0.375 e. The molecule has 0 spiro atoms. The summed E-state index contributed by atoms with van der Waals surface area (Å²) in [7, 11) is 0. The minimum absolute atomic E-state index is 0.160. The van der Waals surface area contributed by atoms with Gasteiger partial charge in [0, 0.05) is 50.0 Å².